The number of hydrogen-bond donors (Lipinski definition) is 1. The van der Waals surface area contributed by atoms with Gasteiger partial charge in [0.2, 0.25) is 0 Å². The van der Waals surface area contributed by atoms with Crippen LogP contribution in [0.15, 0.2) is 72.6 Å². The lowest BCUT2D eigenvalue weighted by atomic mass is 9.93. The normalized spacial score (nSPS) is 17.9. The number of aromatic nitrogens is 1. The molecule has 0 aliphatic carbocycles. The molecule has 6 heteroatoms. The molecule has 3 aromatic rings. The maximum Gasteiger partial charge on any atom is 0.295 e. The zero-order valence-electron chi connectivity index (χ0n) is 17.2. The molecule has 5 nitrogen and oxygen atoms in total. The molecule has 1 fully saturated rings. The monoisotopic (exact) mass is 416 g/mol. The van der Waals surface area contributed by atoms with E-state index in [0.29, 0.717) is 16.7 Å². The molecule has 1 unspecified atom stereocenters. The van der Waals surface area contributed by atoms with Gasteiger partial charge in [0.1, 0.15) is 11.6 Å². The second kappa shape index (κ2) is 8.14. The van der Waals surface area contributed by atoms with Crippen molar-refractivity contribution in [2.75, 3.05) is 0 Å². The number of hydrogen-bond acceptors (Lipinski definition) is 4. The highest BCUT2D eigenvalue weighted by molar-refractivity contribution is 6.46. The molecule has 1 N–H and O–H groups in total. The quantitative estimate of drug-likeness (QED) is 0.387. The van der Waals surface area contributed by atoms with Crippen molar-refractivity contribution in [3.8, 4) is 0 Å². The summed E-state index contributed by atoms with van der Waals surface area (Å²) in [5.41, 5.74) is 3.59. The molecule has 1 amide bonds. The van der Waals surface area contributed by atoms with Crippen molar-refractivity contribution < 1.29 is 19.1 Å². The molecule has 4 rings (SSSR count). The number of nitrogens with zero attached hydrogens (tertiary/aromatic N) is 2. The van der Waals surface area contributed by atoms with Gasteiger partial charge in [-0.05, 0) is 60.9 Å². The van der Waals surface area contributed by atoms with E-state index in [4.69, 9.17) is 0 Å². The van der Waals surface area contributed by atoms with Crippen LogP contribution in [-0.2, 0) is 16.1 Å². The Labute approximate surface area is 179 Å². The number of halogens is 1. The van der Waals surface area contributed by atoms with E-state index in [2.05, 4.69) is 4.98 Å². The van der Waals surface area contributed by atoms with E-state index >= 15 is 0 Å². The summed E-state index contributed by atoms with van der Waals surface area (Å²) in [6.45, 7) is 3.83. The van der Waals surface area contributed by atoms with Gasteiger partial charge in [-0.15, -0.1) is 0 Å². The van der Waals surface area contributed by atoms with Crippen LogP contribution in [0.25, 0.3) is 5.76 Å². The number of amides is 1. The first kappa shape index (κ1) is 20.5. The number of likely N-dealkylation sites (tertiary alicyclic amines) is 1. The third-order valence-corrected chi connectivity index (χ3v) is 5.48. The molecule has 1 atom stereocenters. The minimum Gasteiger partial charge on any atom is -0.507 e. The number of Topliss-reactive ketones (excluding diaryl/α,β-unsaturated/α-hetero) is 1. The lowest BCUT2D eigenvalue weighted by Gasteiger charge is -2.25. The Morgan fingerprint density at radius 1 is 1.03 bits per heavy atom. The number of carbonyl (C=O) groups excluding carboxylic acids is 2. The van der Waals surface area contributed by atoms with Gasteiger partial charge in [-0.25, -0.2) is 4.39 Å². The molecular weight excluding hydrogens is 395 g/mol. The number of carbonyl (C=O) groups is 2. The second-order valence-electron chi connectivity index (χ2n) is 7.65. The topological polar surface area (TPSA) is 70.5 Å². The number of rotatable bonds is 4. The van der Waals surface area contributed by atoms with Crippen molar-refractivity contribution in [2.45, 2.75) is 26.4 Å². The van der Waals surface area contributed by atoms with Crippen LogP contribution < -0.4 is 0 Å². The second-order valence-corrected chi connectivity index (χ2v) is 7.65. The fraction of sp³-hybridized carbons (Fsp3) is 0.160. The van der Waals surface area contributed by atoms with E-state index in [0.717, 1.165) is 11.1 Å². The van der Waals surface area contributed by atoms with Crippen molar-refractivity contribution in [1.29, 1.82) is 0 Å². The van der Waals surface area contributed by atoms with E-state index in [-0.39, 0.29) is 23.7 Å². The zero-order chi connectivity index (χ0) is 22.1. The van der Waals surface area contributed by atoms with Crippen molar-refractivity contribution in [3.63, 3.8) is 0 Å². The molecule has 31 heavy (non-hydrogen) atoms. The van der Waals surface area contributed by atoms with Crippen LogP contribution in [0.4, 0.5) is 4.39 Å². The van der Waals surface area contributed by atoms with Crippen LogP contribution in [0.1, 0.15) is 33.9 Å². The van der Waals surface area contributed by atoms with Gasteiger partial charge < -0.3 is 10.0 Å². The summed E-state index contributed by atoms with van der Waals surface area (Å²) in [5, 5.41) is 11.2. The van der Waals surface area contributed by atoms with Crippen molar-refractivity contribution >= 4 is 17.4 Å². The largest absolute Gasteiger partial charge is 0.507 e. The molecule has 0 radical (unpaired) electrons. The number of benzene rings is 2. The van der Waals surface area contributed by atoms with Crippen molar-refractivity contribution in [2.24, 2.45) is 0 Å². The van der Waals surface area contributed by atoms with Crippen LogP contribution in [0.2, 0.25) is 0 Å². The molecule has 1 aliphatic heterocycles. The molecular formula is C25H21FN2O3. The van der Waals surface area contributed by atoms with Gasteiger partial charge in [-0.2, -0.15) is 0 Å². The summed E-state index contributed by atoms with van der Waals surface area (Å²) >= 11 is 0. The van der Waals surface area contributed by atoms with Crippen molar-refractivity contribution in [1.82, 2.24) is 9.88 Å². The van der Waals surface area contributed by atoms with Crippen LogP contribution in [-0.4, -0.2) is 26.7 Å². The van der Waals surface area contributed by atoms with Gasteiger partial charge in [-0.1, -0.05) is 29.8 Å². The molecule has 0 saturated carbocycles. The smallest absolute Gasteiger partial charge is 0.295 e. The first-order valence-electron chi connectivity index (χ1n) is 9.87. The van der Waals surface area contributed by atoms with Crippen LogP contribution in [0.5, 0.6) is 0 Å². The molecule has 0 spiro atoms. The molecule has 1 aromatic heterocycles. The van der Waals surface area contributed by atoms with E-state index < -0.39 is 17.7 Å². The Bertz CT molecular complexity index is 1190. The van der Waals surface area contributed by atoms with Crippen molar-refractivity contribution in [3.05, 3.63) is 106 Å². The van der Waals surface area contributed by atoms with E-state index in [1.54, 1.807) is 42.7 Å². The molecule has 2 aromatic carbocycles. The highest BCUT2D eigenvalue weighted by atomic mass is 19.1. The predicted octanol–water partition coefficient (Wildman–Crippen LogP) is 4.46. The van der Waals surface area contributed by atoms with E-state index in [1.807, 2.05) is 26.0 Å². The Morgan fingerprint density at radius 2 is 1.71 bits per heavy atom. The van der Waals surface area contributed by atoms with Crippen LogP contribution >= 0.6 is 0 Å². The molecule has 1 saturated heterocycles. The summed E-state index contributed by atoms with van der Waals surface area (Å²) in [7, 11) is 0. The Balaban J connectivity index is 1.87. The first-order chi connectivity index (χ1) is 14.9. The van der Waals surface area contributed by atoms with Gasteiger partial charge in [0.05, 0.1) is 11.6 Å². The Morgan fingerprint density at radius 3 is 2.39 bits per heavy atom. The third kappa shape index (κ3) is 3.84. The molecule has 2 heterocycles. The Kier molecular flexibility index (Phi) is 5.38. The lowest BCUT2D eigenvalue weighted by Crippen LogP contribution is -2.29. The molecule has 0 bridgehead atoms. The fourth-order valence-electron chi connectivity index (χ4n) is 3.86. The minimum atomic E-state index is -0.784. The van der Waals surface area contributed by atoms with Gasteiger partial charge in [0.25, 0.3) is 11.7 Å². The van der Waals surface area contributed by atoms with Crippen LogP contribution in [0.3, 0.4) is 0 Å². The summed E-state index contributed by atoms with van der Waals surface area (Å²) < 4.78 is 13.3. The average molecular weight is 416 g/mol. The number of ketones is 1. The zero-order valence-corrected chi connectivity index (χ0v) is 17.2. The maximum absolute atomic E-state index is 13.3. The highest BCUT2D eigenvalue weighted by Crippen LogP contribution is 2.40. The maximum atomic E-state index is 13.3. The van der Waals surface area contributed by atoms with E-state index in [1.165, 1.54) is 17.0 Å². The number of aryl methyl sites for hydroxylation is 2. The summed E-state index contributed by atoms with van der Waals surface area (Å²) in [6.07, 6.45) is 3.15. The standard InChI is InChI=1S/C25H21FN2O3/c1-15-3-4-16(2)20(13-15)23(29)21-22(18-9-11-27-12-10-18)28(25(31)24(21)30)14-17-5-7-19(26)8-6-17/h3-13,22,29H,14H2,1-2H3/b23-21+. The SMILES string of the molecule is Cc1ccc(C)c(/C(O)=C2\C(=O)C(=O)N(Cc3ccc(F)cc3)C2c2ccncc2)c1. The lowest BCUT2D eigenvalue weighted by molar-refractivity contribution is -0.140. The average Bonchev–Trinajstić information content (AvgIpc) is 3.02. The number of aliphatic hydroxyl groups is 1. The summed E-state index contributed by atoms with van der Waals surface area (Å²) in [6, 6.07) is 14.0. The van der Waals surface area contributed by atoms with Gasteiger partial charge >= 0.3 is 0 Å². The third-order valence-electron chi connectivity index (χ3n) is 5.48. The molecule has 156 valence electrons. The first-order valence-corrected chi connectivity index (χ1v) is 9.87. The fourth-order valence-corrected chi connectivity index (χ4v) is 3.86. The van der Waals surface area contributed by atoms with Gasteiger partial charge in [0, 0.05) is 24.5 Å². The number of pyridine rings is 1. The predicted molar refractivity (Wildman–Crippen MR) is 114 cm³/mol. The molecule has 1 aliphatic rings. The highest BCUT2D eigenvalue weighted by Gasteiger charge is 2.46. The van der Waals surface area contributed by atoms with Gasteiger partial charge in [-0.3, -0.25) is 14.6 Å². The Hall–Kier alpha value is -3.80. The van der Waals surface area contributed by atoms with Crippen LogP contribution in [0, 0.1) is 19.7 Å². The number of aliphatic hydroxyl groups excluding tert-OH is 1. The van der Waals surface area contributed by atoms with E-state index in [9.17, 15) is 19.1 Å². The summed E-state index contributed by atoms with van der Waals surface area (Å²) in [5.74, 6) is -2.05. The summed E-state index contributed by atoms with van der Waals surface area (Å²) in [4.78, 5) is 31.5. The van der Waals surface area contributed by atoms with Gasteiger partial charge in [0.15, 0.2) is 0 Å². The minimum absolute atomic E-state index is 0.0343.